The van der Waals surface area contributed by atoms with Crippen LogP contribution < -0.4 is 9.47 Å². The molecule has 1 saturated heterocycles. The number of halogens is 1. The lowest BCUT2D eigenvalue weighted by molar-refractivity contribution is -0.152. The van der Waals surface area contributed by atoms with E-state index in [1.807, 2.05) is 30.3 Å². The maximum Gasteiger partial charge on any atom is 0.255 e. The second-order valence-corrected chi connectivity index (χ2v) is 9.00. The number of hydrogen-bond acceptors (Lipinski definition) is 6. The zero-order chi connectivity index (χ0) is 26.3. The second-order valence-electron chi connectivity index (χ2n) is 9.00. The maximum absolute atomic E-state index is 13.4. The zero-order valence-electron chi connectivity index (χ0n) is 20.9. The molecule has 2 heterocycles. The van der Waals surface area contributed by atoms with Gasteiger partial charge in [-0.2, -0.15) is 0 Å². The van der Waals surface area contributed by atoms with Crippen molar-refractivity contribution < 1.29 is 28.2 Å². The molecule has 0 bridgehead atoms. The summed E-state index contributed by atoms with van der Waals surface area (Å²) in [5.41, 5.74) is 0.316. The maximum atomic E-state index is 13.4. The van der Waals surface area contributed by atoms with Crippen molar-refractivity contribution in [2.45, 2.75) is 18.6 Å². The predicted molar refractivity (Wildman–Crippen MR) is 135 cm³/mol. The van der Waals surface area contributed by atoms with E-state index in [0.717, 1.165) is 5.56 Å². The van der Waals surface area contributed by atoms with Gasteiger partial charge in [0.15, 0.2) is 0 Å². The topological polar surface area (TPSA) is 81.2 Å². The first kappa shape index (κ1) is 26.1. The fraction of sp³-hybridized carbons (Fsp3) is 0.321. The molecule has 9 heteroatoms. The van der Waals surface area contributed by atoms with Gasteiger partial charge in [-0.25, -0.2) is 9.37 Å². The van der Waals surface area contributed by atoms with E-state index in [-0.39, 0.29) is 43.8 Å². The molecule has 1 aliphatic rings. The fourth-order valence-corrected chi connectivity index (χ4v) is 4.18. The van der Waals surface area contributed by atoms with Crippen LogP contribution in [0, 0.1) is 5.82 Å². The number of morpholine rings is 1. The van der Waals surface area contributed by atoms with Gasteiger partial charge in [-0.1, -0.05) is 30.3 Å². The van der Waals surface area contributed by atoms with Gasteiger partial charge in [0.1, 0.15) is 23.8 Å². The number of aromatic nitrogens is 1. The van der Waals surface area contributed by atoms with Crippen molar-refractivity contribution in [3.05, 3.63) is 89.9 Å². The Bertz CT molecular complexity index is 1190. The van der Waals surface area contributed by atoms with Crippen LogP contribution >= 0.6 is 0 Å². The number of rotatable bonds is 9. The molecule has 2 aromatic carbocycles. The highest BCUT2D eigenvalue weighted by Crippen LogP contribution is 2.27. The number of benzene rings is 2. The van der Waals surface area contributed by atoms with Gasteiger partial charge < -0.3 is 24.0 Å². The summed E-state index contributed by atoms with van der Waals surface area (Å²) in [6, 6.07) is 18.6. The highest BCUT2D eigenvalue weighted by Gasteiger charge is 2.42. The molecule has 194 valence electrons. The molecule has 0 spiro atoms. The molecule has 1 aliphatic heterocycles. The van der Waals surface area contributed by atoms with E-state index < -0.39 is 5.60 Å². The minimum Gasteiger partial charge on any atom is -0.490 e. The SMILES string of the molecule is COc1ccc(C(=O)N2CCO[C@@](COc3ccc(F)cc3)(CC(=O)N(C)Cc3ccccc3)C2)cn1. The van der Waals surface area contributed by atoms with Crippen molar-refractivity contribution >= 4 is 11.8 Å². The number of pyridine rings is 1. The van der Waals surface area contributed by atoms with Crippen LogP contribution in [0.1, 0.15) is 22.3 Å². The van der Waals surface area contributed by atoms with Gasteiger partial charge in [0.05, 0.1) is 32.2 Å². The normalized spacial score (nSPS) is 17.2. The summed E-state index contributed by atoms with van der Waals surface area (Å²) in [7, 11) is 3.24. The van der Waals surface area contributed by atoms with Gasteiger partial charge in [0.2, 0.25) is 11.8 Å². The number of methoxy groups -OCH3 is 1. The molecule has 0 N–H and O–H groups in total. The molecule has 8 nitrogen and oxygen atoms in total. The van der Waals surface area contributed by atoms with E-state index in [4.69, 9.17) is 14.2 Å². The summed E-state index contributed by atoms with van der Waals surface area (Å²) in [6.45, 7) is 1.18. The lowest BCUT2D eigenvalue weighted by Gasteiger charge is -2.42. The Balaban J connectivity index is 1.52. The van der Waals surface area contributed by atoms with E-state index in [0.29, 0.717) is 30.3 Å². The Labute approximate surface area is 215 Å². The van der Waals surface area contributed by atoms with Gasteiger partial charge in [-0.05, 0) is 35.9 Å². The van der Waals surface area contributed by atoms with E-state index >= 15 is 0 Å². The van der Waals surface area contributed by atoms with Gasteiger partial charge in [0, 0.05) is 32.4 Å². The minimum absolute atomic E-state index is 0.00215. The standard InChI is InChI=1S/C28H30FN3O5/c1-31(18-21-6-4-3-5-7-21)26(33)16-28(20-36-24-11-9-23(29)10-12-24)19-32(14-15-37-28)27(34)22-8-13-25(35-2)30-17-22/h3-13,17H,14-16,18-20H2,1-2H3/t28-/m0/s1. The van der Waals surface area contributed by atoms with E-state index in [9.17, 15) is 14.0 Å². The van der Waals surface area contributed by atoms with Crippen molar-refractivity contribution in [2.24, 2.45) is 0 Å². The van der Waals surface area contributed by atoms with Crippen LogP contribution in [0.25, 0.3) is 0 Å². The fourth-order valence-electron chi connectivity index (χ4n) is 4.18. The quantitative estimate of drug-likeness (QED) is 0.441. The lowest BCUT2D eigenvalue weighted by atomic mass is 9.96. The Hall–Kier alpha value is -3.98. The Morgan fingerprint density at radius 3 is 2.54 bits per heavy atom. The summed E-state index contributed by atoms with van der Waals surface area (Å²) in [4.78, 5) is 34.0. The third-order valence-corrected chi connectivity index (χ3v) is 6.21. The number of carbonyl (C=O) groups excluding carboxylic acids is 2. The summed E-state index contributed by atoms with van der Waals surface area (Å²) in [5.74, 6) is 0.102. The van der Waals surface area contributed by atoms with E-state index in [1.54, 1.807) is 29.0 Å². The van der Waals surface area contributed by atoms with Crippen molar-refractivity contribution in [1.29, 1.82) is 0 Å². The molecular weight excluding hydrogens is 477 g/mol. The number of amides is 2. The molecule has 1 atom stereocenters. The summed E-state index contributed by atoms with van der Waals surface area (Å²) in [5, 5.41) is 0. The monoisotopic (exact) mass is 507 g/mol. The van der Waals surface area contributed by atoms with Crippen LogP contribution in [0.5, 0.6) is 11.6 Å². The molecule has 1 aromatic heterocycles. The average Bonchev–Trinajstić information content (AvgIpc) is 2.93. The first-order chi connectivity index (χ1) is 17.9. The molecule has 2 amide bonds. The largest absolute Gasteiger partial charge is 0.490 e. The first-order valence-corrected chi connectivity index (χ1v) is 12.0. The van der Waals surface area contributed by atoms with Crippen molar-refractivity contribution in [3.63, 3.8) is 0 Å². The summed E-state index contributed by atoms with van der Waals surface area (Å²) >= 11 is 0. The minimum atomic E-state index is -1.09. The lowest BCUT2D eigenvalue weighted by Crippen LogP contribution is -2.58. The molecule has 0 aliphatic carbocycles. The van der Waals surface area contributed by atoms with Crippen LogP contribution in [0.15, 0.2) is 72.9 Å². The number of carbonyl (C=O) groups is 2. The van der Waals surface area contributed by atoms with Crippen molar-refractivity contribution in [2.75, 3.05) is 40.5 Å². The Morgan fingerprint density at radius 1 is 1.11 bits per heavy atom. The second kappa shape index (κ2) is 11.8. The van der Waals surface area contributed by atoms with Crippen LogP contribution in [0.4, 0.5) is 4.39 Å². The van der Waals surface area contributed by atoms with Gasteiger partial charge >= 0.3 is 0 Å². The molecule has 1 fully saturated rings. The first-order valence-electron chi connectivity index (χ1n) is 12.0. The van der Waals surface area contributed by atoms with Crippen LogP contribution in [-0.4, -0.2) is 72.7 Å². The van der Waals surface area contributed by atoms with Gasteiger partial charge in [-0.15, -0.1) is 0 Å². The average molecular weight is 508 g/mol. The third-order valence-electron chi connectivity index (χ3n) is 6.21. The smallest absolute Gasteiger partial charge is 0.255 e. The molecule has 0 unspecified atom stereocenters. The number of ether oxygens (including phenoxy) is 3. The van der Waals surface area contributed by atoms with Crippen LogP contribution in [-0.2, 0) is 16.1 Å². The molecule has 37 heavy (non-hydrogen) atoms. The molecule has 4 rings (SSSR count). The third kappa shape index (κ3) is 6.83. The summed E-state index contributed by atoms with van der Waals surface area (Å²) < 4.78 is 30.5. The Morgan fingerprint density at radius 2 is 1.86 bits per heavy atom. The molecular formula is C28H30FN3O5. The Kier molecular flexibility index (Phi) is 8.35. The number of hydrogen-bond donors (Lipinski definition) is 0. The molecule has 0 saturated carbocycles. The van der Waals surface area contributed by atoms with Crippen molar-refractivity contribution in [1.82, 2.24) is 14.8 Å². The highest BCUT2D eigenvalue weighted by atomic mass is 19.1. The molecule has 3 aromatic rings. The predicted octanol–water partition coefficient (Wildman–Crippen LogP) is 3.57. The number of nitrogens with zero attached hydrogens (tertiary/aromatic N) is 3. The molecule has 0 radical (unpaired) electrons. The van der Waals surface area contributed by atoms with Gasteiger partial charge in [0.25, 0.3) is 5.91 Å². The zero-order valence-corrected chi connectivity index (χ0v) is 20.9. The van der Waals surface area contributed by atoms with Gasteiger partial charge in [-0.3, -0.25) is 9.59 Å². The van der Waals surface area contributed by atoms with E-state index in [1.165, 1.54) is 37.6 Å². The van der Waals surface area contributed by atoms with Crippen LogP contribution in [0.2, 0.25) is 0 Å². The van der Waals surface area contributed by atoms with Crippen molar-refractivity contribution in [3.8, 4) is 11.6 Å². The summed E-state index contributed by atoms with van der Waals surface area (Å²) in [6.07, 6.45) is 1.47. The highest BCUT2D eigenvalue weighted by molar-refractivity contribution is 5.94. The van der Waals surface area contributed by atoms with Crippen LogP contribution in [0.3, 0.4) is 0 Å². The van der Waals surface area contributed by atoms with E-state index in [2.05, 4.69) is 4.98 Å².